The second-order valence-electron chi connectivity index (χ2n) is 5.29. The van der Waals surface area contributed by atoms with Crippen LogP contribution in [0.15, 0.2) is 54.6 Å². The lowest BCUT2D eigenvalue weighted by Gasteiger charge is -2.08. The Morgan fingerprint density at radius 1 is 1.12 bits per heavy atom. The molecule has 0 fully saturated rings. The van der Waals surface area contributed by atoms with Gasteiger partial charge in [-0.2, -0.15) is 0 Å². The van der Waals surface area contributed by atoms with Gasteiger partial charge in [-0.05, 0) is 36.3 Å². The van der Waals surface area contributed by atoms with Gasteiger partial charge in [0.2, 0.25) is 11.8 Å². The molecule has 0 aliphatic heterocycles. The van der Waals surface area contributed by atoms with Crippen LogP contribution in [0.4, 0.5) is 10.1 Å². The van der Waals surface area contributed by atoms with E-state index in [0.29, 0.717) is 5.69 Å². The number of carbonyl (C=O) groups is 2. The molecule has 0 saturated heterocycles. The van der Waals surface area contributed by atoms with Crippen LogP contribution in [-0.4, -0.2) is 18.4 Å². The van der Waals surface area contributed by atoms with Crippen molar-refractivity contribution in [2.45, 2.75) is 13.3 Å². The number of hydrogen-bond donors (Lipinski definition) is 2. The first kappa shape index (κ1) is 17.4. The maximum absolute atomic E-state index is 13.2. The summed E-state index contributed by atoms with van der Waals surface area (Å²) >= 11 is 0. The van der Waals surface area contributed by atoms with Gasteiger partial charge in [-0.1, -0.05) is 36.4 Å². The Morgan fingerprint density at radius 2 is 1.88 bits per heavy atom. The summed E-state index contributed by atoms with van der Waals surface area (Å²) in [5.74, 6) is -0.958. The molecule has 0 aliphatic carbocycles. The van der Waals surface area contributed by atoms with Gasteiger partial charge in [0.1, 0.15) is 5.82 Å². The summed E-state index contributed by atoms with van der Waals surface area (Å²) in [4.78, 5) is 23.5. The van der Waals surface area contributed by atoms with Crippen molar-refractivity contribution in [1.29, 1.82) is 0 Å². The van der Waals surface area contributed by atoms with Crippen molar-refractivity contribution >= 4 is 23.6 Å². The topological polar surface area (TPSA) is 58.2 Å². The lowest BCUT2D eigenvalue weighted by Crippen LogP contribution is -2.26. The van der Waals surface area contributed by atoms with E-state index in [2.05, 4.69) is 10.6 Å². The Morgan fingerprint density at radius 3 is 2.62 bits per heavy atom. The molecule has 2 aromatic carbocycles. The first-order valence-corrected chi connectivity index (χ1v) is 7.61. The van der Waals surface area contributed by atoms with Gasteiger partial charge in [-0.3, -0.25) is 9.59 Å². The van der Waals surface area contributed by atoms with Crippen LogP contribution in [0.2, 0.25) is 0 Å². The summed E-state index contributed by atoms with van der Waals surface area (Å²) in [6, 6.07) is 13.7. The Hall–Kier alpha value is -2.95. The second-order valence-corrected chi connectivity index (χ2v) is 5.29. The Bertz CT molecular complexity index is 742. The van der Waals surface area contributed by atoms with Crippen molar-refractivity contribution in [1.82, 2.24) is 5.32 Å². The molecular formula is C19H19FN2O2. The van der Waals surface area contributed by atoms with Gasteiger partial charge >= 0.3 is 0 Å². The van der Waals surface area contributed by atoms with Gasteiger partial charge in [0.05, 0.1) is 0 Å². The quantitative estimate of drug-likeness (QED) is 0.800. The molecule has 24 heavy (non-hydrogen) atoms. The van der Waals surface area contributed by atoms with E-state index in [1.807, 2.05) is 30.3 Å². The number of hydrogen-bond acceptors (Lipinski definition) is 2. The average molecular weight is 326 g/mol. The number of amides is 2. The summed E-state index contributed by atoms with van der Waals surface area (Å²) in [6.07, 6.45) is 3.23. The van der Waals surface area contributed by atoms with Crippen molar-refractivity contribution in [3.63, 3.8) is 0 Å². The summed E-state index contributed by atoms with van der Waals surface area (Å²) in [5, 5.41) is 5.27. The molecule has 4 nitrogen and oxygen atoms in total. The first-order valence-electron chi connectivity index (χ1n) is 7.61. The molecule has 0 aliphatic rings. The maximum Gasteiger partial charge on any atom is 0.244 e. The predicted octanol–water partition coefficient (Wildman–Crippen LogP) is 3.29. The molecule has 2 N–H and O–H groups in total. The van der Waals surface area contributed by atoms with Gasteiger partial charge in [0.15, 0.2) is 0 Å². The normalized spacial score (nSPS) is 10.6. The third-order valence-electron chi connectivity index (χ3n) is 3.35. The molecule has 2 aromatic rings. The van der Waals surface area contributed by atoms with Crippen LogP contribution in [0.5, 0.6) is 0 Å². The fourth-order valence-electron chi connectivity index (χ4n) is 2.04. The Balaban J connectivity index is 1.75. The smallest absolute Gasteiger partial charge is 0.244 e. The lowest BCUT2D eigenvalue weighted by molar-refractivity contribution is -0.117. The number of aryl methyl sites for hydroxylation is 1. The summed E-state index contributed by atoms with van der Waals surface area (Å²) < 4.78 is 13.2. The van der Waals surface area contributed by atoms with E-state index in [0.717, 1.165) is 11.1 Å². The third-order valence-corrected chi connectivity index (χ3v) is 3.35. The van der Waals surface area contributed by atoms with E-state index in [-0.39, 0.29) is 24.8 Å². The molecule has 0 atom stereocenters. The van der Waals surface area contributed by atoms with Gasteiger partial charge < -0.3 is 10.6 Å². The SMILES string of the molecule is Cc1ccc(F)cc1NC(=O)CCNC(=O)/C=C/c1ccccc1. The van der Waals surface area contributed by atoms with Crippen molar-refractivity contribution in [2.75, 3.05) is 11.9 Å². The molecule has 2 amide bonds. The van der Waals surface area contributed by atoms with E-state index in [9.17, 15) is 14.0 Å². The molecule has 0 bridgehead atoms. The first-order chi connectivity index (χ1) is 11.5. The van der Waals surface area contributed by atoms with E-state index in [4.69, 9.17) is 0 Å². The summed E-state index contributed by atoms with van der Waals surface area (Å²) in [7, 11) is 0. The number of nitrogens with one attached hydrogen (secondary N) is 2. The van der Waals surface area contributed by atoms with Crippen LogP contribution in [0.3, 0.4) is 0 Å². The van der Waals surface area contributed by atoms with Crippen LogP contribution >= 0.6 is 0 Å². The number of anilines is 1. The van der Waals surface area contributed by atoms with Gasteiger partial charge in [0, 0.05) is 24.7 Å². The molecule has 5 heteroatoms. The van der Waals surface area contributed by atoms with E-state index < -0.39 is 5.82 Å². The van der Waals surface area contributed by atoms with Crippen molar-refractivity contribution in [3.05, 3.63) is 71.6 Å². The van der Waals surface area contributed by atoms with Crippen LogP contribution in [0.25, 0.3) is 6.08 Å². The van der Waals surface area contributed by atoms with Crippen LogP contribution in [0.1, 0.15) is 17.5 Å². The van der Waals surface area contributed by atoms with Crippen molar-refractivity contribution in [2.24, 2.45) is 0 Å². The van der Waals surface area contributed by atoms with Crippen LogP contribution in [0, 0.1) is 12.7 Å². The molecule has 0 heterocycles. The zero-order chi connectivity index (χ0) is 17.4. The summed E-state index contributed by atoms with van der Waals surface area (Å²) in [6.45, 7) is 1.99. The zero-order valence-electron chi connectivity index (χ0n) is 13.4. The highest BCUT2D eigenvalue weighted by molar-refractivity contribution is 5.93. The number of carbonyl (C=O) groups excluding carboxylic acids is 2. The largest absolute Gasteiger partial charge is 0.352 e. The molecule has 0 aromatic heterocycles. The summed E-state index contributed by atoms with van der Waals surface area (Å²) in [5.41, 5.74) is 2.14. The Labute approximate surface area is 140 Å². The molecule has 0 unspecified atom stereocenters. The van der Waals surface area contributed by atoms with Crippen LogP contribution < -0.4 is 10.6 Å². The van der Waals surface area contributed by atoms with E-state index in [1.165, 1.54) is 18.2 Å². The maximum atomic E-state index is 13.2. The Kier molecular flexibility index (Phi) is 6.25. The van der Waals surface area contributed by atoms with E-state index in [1.54, 1.807) is 19.1 Å². The molecule has 2 rings (SSSR count). The van der Waals surface area contributed by atoms with Gasteiger partial charge in [-0.15, -0.1) is 0 Å². The van der Waals surface area contributed by atoms with Gasteiger partial charge in [0.25, 0.3) is 0 Å². The molecule has 0 spiro atoms. The van der Waals surface area contributed by atoms with Crippen LogP contribution in [-0.2, 0) is 9.59 Å². The minimum absolute atomic E-state index is 0.112. The minimum Gasteiger partial charge on any atom is -0.352 e. The average Bonchev–Trinajstić information content (AvgIpc) is 2.57. The highest BCUT2D eigenvalue weighted by Crippen LogP contribution is 2.15. The molecule has 124 valence electrons. The standard InChI is InChI=1S/C19H19FN2O2/c1-14-7-9-16(20)13-17(14)22-19(24)11-12-21-18(23)10-8-15-5-3-2-4-6-15/h2-10,13H,11-12H2,1H3,(H,21,23)(H,22,24)/b10-8+. The molecule has 0 saturated carbocycles. The number of rotatable bonds is 6. The van der Waals surface area contributed by atoms with Gasteiger partial charge in [-0.25, -0.2) is 4.39 Å². The number of halogens is 1. The lowest BCUT2D eigenvalue weighted by atomic mass is 10.2. The highest BCUT2D eigenvalue weighted by atomic mass is 19.1. The molecule has 0 radical (unpaired) electrons. The van der Waals surface area contributed by atoms with Crippen molar-refractivity contribution < 1.29 is 14.0 Å². The highest BCUT2D eigenvalue weighted by Gasteiger charge is 2.06. The third kappa shape index (κ3) is 5.68. The molecular weight excluding hydrogens is 307 g/mol. The van der Waals surface area contributed by atoms with Crippen molar-refractivity contribution in [3.8, 4) is 0 Å². The second kappa shape index (κ2) is 8.62. The zero-order valence-corrected chi connectivity index (χ0v) is 13.4. The fraction of sp³-hybridized carbons (Fsp3) is 0.158. The minimum atomic E-state index is -0.407. The van der Waals surface area contributed by atoms with E-state index >= 15 is 0 Å². The fourth-order valence-corrected chi connectivity index (χ4v) is 2.04. The number of benzene rings is 2. The predicted molar refractivity (Wildman–Crippen MR) is 92.9 cm³/mol. The monoisotopic (exact) mass is 326 g/mol.